The lowest BCUT2D eigenvalue weighted by Gasteiger charge is -2.29. The van der Waals surface area contributed by atoms with Gasteiger partial charge in [-0.15, -0.1) is 5.10 Å². The van der Waals surface area contributed by atoms with Crippen LogP contribution < -0.4 is 0 Å². The number of fused-ring (bicyclic) bond motifs is 1. The first kappa shape index (κ1) is 10.6. The summed E-state index contributed by atoms with van der Waals surface area (Å²) in [6, 6.07) is 1.02. The minimum atomic E-state index is 0.423. The van der Waals surface area contributed by atoms with Gasteiger partial charge in [-0.3, -0.25) is 4.90 Å². The van der Waals surface area contributed by atoms with E-state index in [-0.39, 0.29) is 0 Å². The summed E-state index contributed by atoms with van der Waals surface area (Å²) < 4.78 is 2.06. The number of rotatable bonds is 2. The summed E-state index contributed by atoms with van der Waals surface area (Å²) in [6.07, 6.45) is 1.08. The van der Waals surface area contributed by atoms with Crippen molar-refractivity contribution in [3.63, 3.8) is 0 Å². The summed E-state index contributed by atoms with van der Waals surface area (Å²) in [5.74, 6) is 0. The fraction of sp³-hybridized carbons (Fsp3) is 0.818. The molecular formula is C11H20N4. The van der Waals surface area contributed by atoms with Crippen LogP contribution in [0, 0.1) is 0 Å². The third kappa shape index (κ3) is 1.91. The van der Waals surface area contributed by atoms with Crippen molar-refractivity contribution in [2.75, 3.05) is 6.54 Å². The Bertz CT molecular complexity index is 340. The number of nitrogens with zero attached hydrogens (tertiary/aromatic N) is 4. The number of hydrogen-bond acceptors (Lipinski definition) is 3. The summed E-state index contributed by atoms with van der Waals surface area (Å²) in [7, 11) is 0. The maximum atomic E-state index is 4.28. The lowest BCUT2D eigenvalue weighted by Crippen LogP contribution is -2.36. The SMILES string of the molecule is CC(C)N1CCc2c(nnn2C(C)C)C1. The molecule has 0 fully saturated rings. The average Bonchev–Trinajstić information content (AvgIpc) is 2.59. The summed E-state index contributed by atoms with van der Waals surface area (Å²) in [4.78, 5) is 2.45. The minimum Gasteiger partial charge on any atom is -0.295 e. The fourth-order valence-electron chi connectivity index (χ4n) is 2.10. The van der Waals surface area contributed by atoms with E-state index in [1.165, 1.54) is 11.4 Å². The van der Waals surface area contributed by atoms with Crippen LogP contribution in [0.5, 0.6) is 0 Å². The Kier molecular flexibility index (Phi) is 2.78. The highest BCUT2D eigenvalue weighted by Crippen LogP contribution is 2.20. The maximum Gasteiger partial charge on any atom is 0.0999 e. The van der Waals surface area contributed by atoms with E-state index in [0.717, 1.165) is 19.5 Å². The molecule has 1 aromatic rings. The van der Waals surface area contributed by atoms with Gasteiger partial charge in [0.25, 0.3) is 0 Å². The van der Waals surface area contributed by atoms with Crippen LogP contribution >= 0.6 is 0 Å². The second kappa shape index (κ2) is 3.93. The van der Waals surface area contributed by atoms with Crippen LogP contribution in [0.15, 0.2) is 0 Å². The Hall–Kier alpha value is -0.900. The largest absolute Gasteiger partial charge is 0.295 e. The summed E-state index contributed by atoms with van der Waals surface area (Å²) in [5, 5.41) is 8.51. The van der Waals surface area contributed by atoms with Crippen LogP contribution in [0.1, 0.15) is 45.1 Å². The lowest BCUT2D eigenvalue weighted by atomic mass is 10.1. The molecule has 1 aliphatic rings. The van der Waals surface area contributed by atoms with E-state index in [2.05, 4.69) is 47.6 Å². The second-order valence-electron chi connectivity index (χ2n) is 4.84. The van der Waals surface area contributed by atoms with Crippen LogP contribution in [0.25, 0.3) is 0 Å². The highest BCUT2D eigenvalue weighted by Gasteiger charge is 2.24. The van der Waals surface area contributed by atoms with Crippen LogP contribution in [-0.2, 0) is 13.0 Å². The van der Waals surface area contributed by atoms with Crippen molar-refractivity contribution in [2.24, 2.45) is 0 Å². The predicted octanol–water partition coefficient (Wildman–Crippen LogP) is 1.63. The lowest BCUT2D eigenvalue weighted by molar-refractivity contribution is 0.198. The molecular weight excluding hydrogens is 188 g/mol. The van der Waals surface area contributed by atoms with Gasteiger partial charge in [0.05, 0.1) is 11.4 Å². The van der Waals surface area contributed by atoms with Gasteiger partial charge in [-0.25, -0.2) is 4.68 Å². The predicted molar refractivity (Wildman–Crippen MR) is 59.7 cm³/mol. The monoisotopic (exact) mass is 208 g/mol. The van der Waals surface area contributed by atoms with Gasteiger partial charge < -0.3 is 0 Å². The van der Waals surface area contributed by atoms with Crippen LogP contribution in [0.4, 0.5) is 0 Å². The molecule has 0 unspecified atom stereocenters. The molecule has 1 aliphatic heterocycles. The molecule has 0 aromatic carbocycles. The summed E-state index contributed by atoms with van der Waals surface area (Å²) in [5.41, 5.74) is 2.51. The van der Waals surface area contributed by atoms with Crippen molar-refractivity contribution in [1.82, 2.24) is 19.9 Å². The molecule has 84 valence electrons. The maximum absolute atomic E-state index is 4.28. The molecule has 0 saturated carbocycles. The van der Waals surface area contributed by atoms with E-state index >= 15 is 0 Å². The van der Waals surface area contributed by atoms with Crippen molar-refractivity contribution in [3.05, 3.63) is 11.4 Å². The molecule has 0 spiro atoms. The average molecular weight is 208 g/mol. The third-order valence-corrected chi connectivity index (χ3v) is 3.08. The van der Waals surface area contributed by atoms with Crippen molar-refractivity contribution < 1.29 is 0 Å². The van der Waals surface area contributed by atoms with Gasteiger partial charge in [-0.2, -0.15) is 0 Å². The number of hydrogen-bond donors (Lipinski definition) is 0. The smallest absolute Gasteiger partial charge is 0.0999 e. The second-order valence-corrected chi connectivity index (χ2v) is 4.84. The molecule has 0 saturated heterocycles. The van der Waals surface area contributed by atoms with E-state index in [1.54, 1.807) is 0 Å². The molecule has 4 nitrogen and oxygen atoms in total. The molecule has 2 heterocycles. The zero-order valence-electron chi connectivity index (χ0n) is 10.1. The Morgan fingerprint density at radius 2 is 1.87 bits per heavy atom. The highest BCUT2D eigenvalue weighted by molar-refractivity contribution is 5.14. The van der Waals surface area contributed by atoms with Crippen molar-refractivity contribution in [2.45, 2.75) is 52.7 Å². The molecule has 0 aliphatic carbocycles. The van der Waals surface area contributed by atoms with E-state index in [0.29, 0.717) is 12.1 Å². The molecule has 2 rings (SSSR count). The van der Waals surface area contributed by atoms with Crippen LogP contribution in [0.2, 0.25) is 0 Å². The molecule has 0 radical (unpaired) electrons. The highest BCUT2D eigenvalue weighted by atomic mass is 15.4. The Balaban J connectivity index is 2.22. The van der Waals surface area contributed by atoms with Gasteiger partial charge in [-0.05, 0) is 27.7 Å². The Morgan fingerprint density at radius 3 is 2.47 bits per heavy atom. The summed E-state index contributed by atoms with van der Waals surface area (Å²) in [6.45, 7) is 10.9. The van der Waals surface area contributed by atoms with Crippen molar-refractivity contribution >= 4 is 0 Å². The standard InChI is InChI=1S/C11H20N4/c1-8(2)14-6-5-11-10(7-14)12-13-15(11)9(3)4/h8-9H,5-7H2,1-4H3. The first-order chi connectivity index (χ1) is 7.09. The minimum absolute atomic E-state index is 0.423. The third-order valence-electron chi connectivity index (χ3n) is 3.08. The van der Waals surface area contributed by atoms with Gasteiger partial charge in [0, 0.05) is 31.6 Å². The topological polar surface area (TPSA) is 34.0 Å². The number of aromatic nitrogens is 3. The molecule has 1 aromatic heterocycles. The van der Waals surface area contributed by atoms with Gasteiger partial charge in [0.15, 0.2) is 0 Å². The molecule has 15 heavy (non-hydrogen) atoms. The molecule has 0 bridgehead atoms. The van der Waals surface area contributed by atoms with Gasteiger partial charge >= 0.3 is 0 Å². The van der Waals surface area contributed by atoms with Gasteiger partial charge in [-0.1, -0.05) is 5.21 Å². The first-order valence-electron chi connectivity index (χ1n) is 5.76. The molecule has 0 amide bonds. The quantitative estimate of drug-likeness (QED) is 0.740. The molecule has 0 atom stereocenters. The fourth-order valence-corrected chi connectivity index (χ4v) is 2.10. The first-order valence-corrected chi connectivity index (χ1v) is 5.76. The summed E-state index contributed by atoms with van der Waals surface area (Å²) >= 11 is 0. The normalized spacial score (nSPS) is 17.5. The van der Waals surface area contributed by atoms with Crippen LogP contribution in [0.3, 0.4) is 0 Å². The molecule has 0 N–H and O–H groups in total. The Labute approximate surface area is 91.3 Å². The van der Waals surface area contributed by atoms with E-state index in [9.17, 15) is 0 Å². The molecule has 4 heteroatoms. The van der Waals surface area contributed by atoms with Crippen molar-refractivity contribution in [3.8, 4) is 0 Å². The van der Waals surface area contributed by atoms with E-state index < -0.39 is 0 Å². The van der Waals surface area contributed by atoms with E-state index in [4.69, 9.17) is 0 Å². The zero-order valence-corrected chi connectivity index (χ0v) is 10.1. The van der Waals surface area contributed by atoms with Gasteiger partial charge in [0.2, 0.25) is 0 Å². The van der Waals surface area contributed by atoms with E-state index in [1.807, 2.05) is 0 Å². The van der Waals surface area contributed by atoms with Crippen molar-refractivity contribution in [1.29, 1.82) is 0 Å². The Morgan fingerprint density at radius 1 is 1.13 bits per heavy atom. The van der Waals surface area contributed by atoms with Gasteiger partial charge in [0.1, 0.15) is 0 Å². The zero-order chi connectivity index (χ0) is 11.0. The van der Waals surface area contributed by atoms with Crippen LogP contribution in [-0.4, -0.2) is 32.5 Å².